The number of ether oxygens (including phenoxy) is 2. The Kier molecular flexibility index (Phi) is 4.31. The van der Waals surface area contributed by atoms with E-state index in [0.717, 1.165) is 0 Å². The minimum Gasteiger partial charge on any atom is -0.501 e. The van der Waals surface area contributed by atoms with Crippen LogP contribution in [0.5, 0.6) is 23.1 Å². The molecule has 1 heterocycles. The molecule has 0 unspecified atom stereocenters. The van der Waals surface area contributed by atoms with Crippen LogP contribution in [-0.4, -0.2) is 40.3 Å². The van der Waals surface area contributed by atoms with Gasteiger partial charge in [-0.2, -0.15) is 4.98 Å². The highest BCUT2D eigenvalue weighted by Gasteiger charge is 2.19. The Balaban J connectivity index is 2.46. The fourth-order valence-corrected chi connectivity index (χ4v) is 2.00. The molecular weight excluding hydrogens is 290 g/mol. The van der Waals surface area contributed by atoms with E-state index in [0.29, 0.717) is 17.1 Å². The molecule has 1 amide bonds. The zero-order valence-electron chi connectivity index (χ0n) is 12.0. The minimum absolute atomic E-state index is 0.107. The number of methoxy groups -OCH3 is 2. The summed E-state index contributed by atoms with van der Waals surface area (Å²) in [6, 6.07) is 5.25. The summed E-state index contributed by atoms with van der Waals surface area (Å²) in [6.45, 7) is 0. The molecule has 116 valence electrons. The zero-order valence-corrected chi connectivity index (χ0v) is 12.0. The molecule has 0 atom stereocenters. The van der Waals surface area contributed by atoms with Gasteiger partial charge < -0.3 is 25.4 Å². The van der Waals surface area contributed by atoms with Gasteiger partial charge in [0.05, 0.1) is 14.2 Å². The van der Waals surface area contributed by atoms with Crippen molar-refractivity contribution in [2.45, 2.75) is 6.42 Å². The Hall–Kier alpha value is -3.03. The molecule has 2 rings (SSSR count). The topological polar surface area (TPSA) is 128 Å². The van der Waals surface area contributed by atoms with E-state index >= 15 is 0 Å². The van der Waals surface area contributed by atoms with Gasteiger partial charge >= 0.3 is 0 Å². The lowest BCUT2D eigenvalue weighted by Gasteiger charge is -2.12. The molecule has 2 aromatic rings. The lowest BCUT2D eigenvalue weighted by Crippen LogP contribution is -2.15. The highest BCUT2D eigenvalue weighted by atomic mass is 16.5. The number of rotatable bonds is 5. The number of primary amides is 1. The highest BCUT2D eigenvalue weighted by Crippen LogP contribution is 2.32. The van der Waals surface area contributed by atoms with E-state index in [2.05, 4.69) is 9.97 Å². The Morgan fingerprint density at radius 1 is 1.23 bits per heavy atom. The first-order chi connectivity index (χ1) is 10.5. The first kappa shape index (κ1) is 15.4. The van der Waals surface area contributed by atoms with Crippen molar-refractivity contribution in [3.63, 3.8) is 0 Å². The number of nitrogens with zero attached hydrogens (tertiary/aromatic N) is 2. The molecule has 8 nitrogen and oxygen atoms in total. The molecule has 0 aliphatic rings. The second kappa shape index (κ2) is 6.17. The van der Waals surface area contributed by atoms with Crippen molar-refractivity contribution in [3.8, 4) is 23.1 Å². The average molecular weight is 305 g/mol. The minimum atomic E-state index is -0.964. The molecule has 1 aromatic heterocycles. The molecular formula is C14H15N3O5. The zero-order chi connectivity index (χ0) is 16.3. The maximum atomic E-state index is 11.2. The van der Waals surface area contributed by atoms with Gasteiger partial charge in [-0.1, -0.05) is 12.1 Å². The van der Waals surface area contributed by atoms with Gasteiger partial charge in [0.25, 0.3) is 11.8 Å². The lowest BCUT2D eigenvalue weighted by atomic mass is 10.1. The van der Waals surface area contributed by atoms with Crippen LogP contribution in [0, 0.1) is 0 Å². The summed E-state index contributed by atoms with van der Waals surface area (Å²) < 4.78 is 10.5. The van der Waals surface area contributed by atoms with Gasteiger partial charge in [0.2, 0.25) is 5.75 Å². The summed E-state index contributed by atoms with van der Waals surface area (Å²) in [5.41, 5.74) is 5.34. The quantitative estimate of drug-likeness (QED) is 0.737. The highest BCUT2D eigenvalue weighted by molar-refractivity contribution is 5.94. The van der Waals surface area contributed by atoms with Gasteiger partial charge in [-0.3, -0.25) is 4.79 Å². The van der Waals surface area contributed by atoms with Gasteiger partial charge in [-0.05, 0) is 6.07 Å². The molecule has 0 spiro atoms. The summed E-state index contributed by atoms with van der Waals surface area (Å²) in [7, 11) is 3.00. The smallest absolute Gasteiger partial charge is 0.271 e. The van der Waals surface area contributed by atoms with Gasteiger partial charge in [0, 0.05) is 12.0 Å². The second-order valence-corrected chi connectivity index (χ2v) is 4.35. The number of para-hydroxylation sites is 1. The van der Waals surface area contributed by atoms with Crippen LogP contribution in [0.4, 0.5) is 0 Å². The predicted molar refractivity (Wildman–Crippen MR) is 76.2 cm³/mol. The number of nitrogens with two attached hydrogens (primary N) is 1. The molecule has 1 aromatic carbocycles. The number of carbonyl (C=O) groups is 1. The van der Waals surface area contributed by atoms with E-state index in [1.54, 1.807) is 18.2 Å². The average Bonchev–Trinajstić information content (AvgIpc) is 2.50. The number of hydrogen-bond acceptors (Lipinski definition) is 7. The molecule has 0 aliphatic carbocycles. The van der Waals surface area contributed by atoms with Gasteiger partial charge in [0.1, 0.15) is 5.82 Å². The van der Waals surface area contributed by atoms with Gasteiger partial charge in [-0.15, -0.1) is 0 Å². The van der Waals surface area contributed by atoms with Crippen molar-refractivity contribution in [2.75, 3.05) is 14.2 Å². The Morgan fingerprint density at radius 2 is 1.95 bits per heavy atom. The van der Waals surface area contributed by atoms with E-state index in [4.69, 9.17) is 15.2 Å². The van der Waals surface area contributed by atoms with Crippen LogP contribution < -0.4 is 15.2 Å². The number of carbonyl (C=O) groups excluding carboxylic acids is 1. The number of aromatic hydroxyl groups is 2. The summed E-state index contributed by atoms with van der Waals surface area (Å²) in [5, 5.41) is 19.1. The van der Waals surface area contributed by atoms with Crippen molar-refractivity contribution in [2.24, 2.45) is 5.73 Å². The van der Waals surface area contributed by atoms with Gasteiger partial charge in [0.15, 0.2) is 17.2 Å². The third-order valence-electron chi connectivity index (χ3n) is 2.98. The molecule has 0 bridgehead atoms. The van der Waals surface area contributed by atoms with Crippen molar-refractivity contribution in [1.82, 2.24) is 9.97 Å². The number of hydrogen-bond donors (Lipinski definition) is 3. The van der Waals surface area contributed by atoms with Crippen molar-refractivity contribution in [3.05, 3.63) is 35.3 Å². The molecule has 0 saturated carbocycles. The van der Waals surface area contributed by atoms with Crippen molar-refractivity contribution < 1.29 is 24.5 Å². The maximum Gasteiger partial charge on any atom is 0.271 e. The number of benzene rings is 1. The molecule has 8 heteroatoms. The van der Waals surface area contributed by atoms with Crippen molar-refractivity contribution in [1.29, 1.82) is 0 Å². The largest absolute Gasteiger partial charge is 0.501 e. The molecule has 4 N–H and O–H groups in total. The molecule has 0 aliphatic heterocycles. The van der Waals surface area contributed by atoms with Crippen LogP contribution >= 0.6 is 0 Å². The Morgan fingerprint density at radius 3 is 2.55 bits per heavy atom. The SMILES string of the molecule is COc1cccc(Cc2nc(O)c(O)c(C(N)=O)n2)c1OC. The van der Waals surface area contributed by atoms with E-state index < -0.39 is 23.2 Å². The fraction of sp³-hybridized carbons (Fsp3) is 0.214. The molecule has 0 fully saturated rings. The third-order valence-corrected chi connectivity index (χ3v) is 2.98. The first-order valence-corrected chi connectivity index (χ1v) is 6.26. The maximum absolute atomic E-state index is 11.2. The predicted octanol–water partition coefficient (Wildman–Crippen LogP) is 0.595. The summed E-state index contributed by atoms with van der Waals surface area (Å²) in [4.78, 5) is 18.8. The number of aromatic nitrogens is 2. The Labute approximate surface area is 126 Å². The van der Waals surface area contributed by atoms with E-state index in [1.165, 1.54) is 14.2 Å². The van der Waals surface area contributed by atoms with Gasteiger partial charge in [-0.25, -0.2) is 4.98 Å². The summed E-state index contributed by atoms with van der Waals surface area (Å²) in [5.74, 6) is -1.29. The first-order valence-electron chi connectivity index (χ1n) is 6.26. The molecule has 0 radical (unpaired) electrons. The normalized spacial score (nSPS) is 10.3. The van der Waals surface area contributed by atoms with Crippen LogP contribution in [0.2, 0.25) is 0 Å². The second-order valence-electron chi connectivity index (χ2n) is 4.35. The fourth-order valence-electron chi connectivity index (χ4n) is 2.00. The van der Waals surface area contributed by atoms with Crippen LogP contribution in [0.15, 0.2) is 18.2 Å². The van der Waals surface area contributed by atoms with Crippen molar-refractivity contribution >= 4 is 5.91 Å². The van der Waals surface area contributed by atoms with E-state index in [9.17, 15) is 15.0 Å². The van der Waals surface area contributed by atoms with Crippen LogP contribution in [0.1, 0.15) is 21.9 Å². The standard InChI is InChI=1S/C14H15N3O5/c1-21-8-5-3-4-7(12(8)22-2)6-9-16-10(13(15)19)11(18)14(20)17-9/h3-5,18H,6H2,1-2H3,(H2,15,19)(H,16,17,20). The summed E-state index contributed by atoms with van der Waals surface area (Å²) >= 11 is 0. The number of amides is 1. The molecule has 22 heavy (non-hydrogen) atoms. The third kappa shape index (κ3) is 2.85. The lowest BCUT2D eigenvalue weighted by molar-refractivity contribution is 0.0991. The van der Waals surface area contributed by atoms with Crippen LogP contribution in [0.3, 0.4) is 0 Å². The van der Waals surface area contributed by atoms with Crippen LogP contribution in [0.25, 0.3) is 0 Å². The van der Waals surface area contributed by atoms with E-state index in [1.807, 2.05) is 0 Å². The monoisotopic (exact) mass is 305 g/mol. The van der Waals surface area contributed by atoms with Crippen LogP contribution in [-0.2, 0) is 6.42 Å². The van der Waals surface area contributed by atoms with E-state index in [-0.39, 0.29) is 12.2 Å². The molecule has 0 saturated heterocycles. The summed E-state index contributed by atoms with van der Waals surface area (Å²) in [6.07, 6.45) is 0.147. The Bertz CT molecular complexity index is 718.